The summed E-state index contributed by atoms with van der Waals surface area (Å²) in [5.41, 5.74) is 3.23. The Labute approximate surface area is 202 Å². The lowest BCUT2D eigenvalue weighted by Gasteiger charge is -2.26. The molecule has 2 N–H and O–H groups in total. The van der Waals surface area contributed by atoms with E-state index in [4.69, 9.17) is 9.47 Å². The molecule has 176 valence electrons. The van der Waals surface area contributed by atoms with Crippen molar-refractivity contribution in [1.82, 2.24) is 4.98 Å². The van der Waals surface area contributed by atoms with Gasteiger partial charge in [-0.05, 0) is 42.8 Å². The third kappa shape index (κ3) is 3.52. The number of carbonyl (C=O) groups excluding carboxylic acids is 2. The number of aromatic nitrogens is 1. The molecule has 1 fully saturated rings. The number of aryl methyl sites for hydroxylation is 1. The standard InChI is InChI=1S/C28H24N2O5/c1-16-8-4-7-11-22(16)30-25(20-15-29-21-10-6-5-9-18(20)21)24(27(32)28(30)33)26(31)19-14-17(34-2)12-13-23(19)35-3/h4-15,25,29,31H,1-3H3/b26-24+. The lowest BCUT2D eigenvalue weighted by atomic mass is 9.94. The van der Waals surface area contributed by atoms with Gasteiger partial charge in [-0.15, -0.1) is 0 Å². The molecular formula is C28H24N2O5. The predicted octanol–water partition coefficient (Wildman–Crippen LogP) is 5.12. The van der Waals surface area contributed by atoms with Crippen molar-refractivity contribution in [2.75, 3.05) is 19.1 Å². The highest BCUT2D eigenvalue weighted by Gasteiger charge is 2.48. The van der Waals surface area contributed by atoms with Crippen molar-refractivity contribution in [3.05, 3.63) is 95.2 Å². The average Bonchev–Trinajstić information content (AvgIpc) is 3.42. The SMILES string of the molecule is COc1ccc(OC)c(/C(O)=C2\C(=O)C(=O)N(c3ccccc3C)C2c2c[nH]c3ccccc23)c1. The second-order valence-electron chi connectivity index (χ2n) is 8.31. The maximum Gasteiger partial charge on any atom is 0.300 e. The van der Waals surface area contributed by atoms with Gasteiger partial charge in [0.05, 0.1) is 31.4 Å². The number of H-pyrrole nitrogens is 1. The number of anilines is 1. The third-order valence-electron chi connectivity index (χ3n) is 6.40. The Balaban J connectivity index is 1.82. The van der Waals surface area contributed by atoms with Crippen LogP contribution in [0.3, 0.4) is 0 Å². The smallest absolute Gasteiger partial charge is 0.300 e. The lowest BCUT2D eigenvalue weighted by molar-refractivity contribution is -0.132. The van der Waals surface area contributed by atoms with Crippen LogP contribution in [0.4, 0.5) is 5.69 Å². The molecule has 1 amide bonds. The van der Waals surface area contributed by atoms with Gasteiger partial charge in [-0.1, -0.05) is 36.4 Å². The summed E-state index contributed by atoms with van der Waals surface area (Å²) in [6, 6.07) is 19.1. The van der Waals surface area contributed by atoms with Gasteiger partial charge < -0.3 is 19.6 Å². The molecule has 35 heavy (non-hydrogen) atoms. The van der Waals surface area contributed by atoms with Crippen LogP contribution in [0.25, 0.3) is 16.7 Å². The molecule has 2 heterocycles. The van der Waals surface area contributed by atoms with E-state index >= 15 is 0 Å². The van der Waals surface area contributed by atoms with Crippen LogP contribution >= 0.6 is 0 Å². The number of ketones is 1. The number of methoxy groups -OCH3 is 2. The molecule has 1 saturated heterocycles. The van der Waals surface area contributed by atoms with Crippen molar-refractivity contribution < 1.29 is 24.2 Å². The number of benzene rings is 3. The number of nitrogens with zero attached hydrogens (tertiary/aromatic N) is 1. The number of para-hydroxylation sites is 2. The summed E-state index contributed by atoms with van der Waals surface area (Å²) in [5, 5.41) is 12.4. The first-order valence-corrected chi connectivity index (χ1v) is 11.1. The van der Waals surface area contributed by atoms with Crippen LogP contribution in [0, 0.1) is 6.92 Å². The second-order valence-corrected chi connectivity index (χ2v) is 8.31. The highest BCUT2D eigenvalue weighted by molar-refractivity contribution is 6.52. The van der Waals surface area contributed by atoms with E-state index in [0.29, 0.717) is 22.7 Å². The quantitative estimate of drug-likeness (QED) is 0.241. The van der Waals surface area contributed by atoms with Crippen LogP contribution in [-0.4, -0.2) is 36.0 Å². The van der Waals surface area contributed by atoms with Gasteiger partial charge in [-0.25, -0.2) is 0 Å². The van der Waals surface area contributed by atoms with Crippen molar-refractivity contribution in [3.63, 3.8) is 0 Å². The molecule has 0 spiro atoms. The second kappa shape index (κ2) is 8.68. The number of nitrogens with one attached hydrogen (secondary N) is 1. The number of aliphatic hydroxyl groups excluding tert-OH is 1. The van der Waals surface area contributed by atoms with Crippen LogP contribution in [-0.2, 0) is 9.59 Å². The van der Waals surface area contributed by atoms with Crippen molar-refractivity contribution in [2.24, 2.45) is 0 Å². The number of ether oxygens (including phenoxy) is 2. The summed E-state index contributed by atoms with van der Waals surface area (Å²) < 4.78 is 10.8. The van der Waals surface area contributed by atoms with E-state index in [1.165, 1.54) is 19.1 Å². The minimum absolute atomic E-state index is 0.0189. The van der Waals surface area contributed by atoms with Crippen molar-refractivity contribution >= 4 is 34.0 Å². The minimum Gasteiger partial charge on any atom is -0.507 e. The Bertz CT molecular complexity index is 1500. The summed E-state index contributed by atoms with van der Waals surface area (Å²) in [6.45, 7) is 1.88. The molecule has 4 aromatic rings. The Morgan fingerprint density at radius 2 is 1.71 bits per heavy atom. The molecule has 1 atom stereocenters. The van der Waals surface area contributed by atoms with Gasteiger partial charge in [0.1, 0.15) is 17.3 Å². The summed E-state index contributed by atoms with van der Waals surface area (Å²) in [6.07, 6.45) is 1.78. The number of amides is 1. The number of fused-ring (bicyclic) bond motifs is 1. The molecule has 1 unspecified atom stereocenters. The average molecular weight is 469 g/mol. The van der Waals surface area contributed by atoms with Crippen LogP contribution in [0.15, 0.2) is 78.5 Å². The molecule has 0 radical (unpaired) electrons. The fourth-order valence-electron chi connectivity index (χ4n) is 4.67. The van der Waals surface area contributed by atoms with E-state index in [0.717, 1.165) is 16.5 Å². The Morgan fingerprint density at radius 1 is 0.971 bits per heavy atom. The topological polar surface area (TPSA) is 91.9 Å². The zero-order valence-electron chi connectivity index (χ0n) is 19.5. The lowest BCUT2D eigenvalue weighted by Crippen LogP contribution is -2.30. The van der Waals surface area contributed by atoms with E-state index in [-0.39, 0.29) is 16.9 Å². The molecule has 0 bridgehead atoms. The Morgan fingerprint density at radius 3 is 2.46 bits per heavy atom. The molecule has 7 nitrogen and oxygen atoms in total. The highest BCUT2D eigenvalue weighted by Crippen LogP contribution is 2.46. The summed E-state index contributed by atoms with van der Waals surface area (Å²) in [7, 11) is 2.98. The largest absolute Gasteiger partial charge is 0.507 e. The van der Waals surface area contributed by atoms with Crippen molar-refractivity contribution in [3.8, 4) is 11.5 Å². The molecule has 5 rings (SSSR count). The summed E-state index contributed by atoms with van der Waals surface area (Å²) in [4.78, 5) is 31.7. The first-order valence-electron chi connectivity index (χ1n) is 11.1. The molecule has 1 aromatic heterocycles. The molecular weight excluding hydrogens is 444 g/mol. The first kappa shape index (κ1) is 22.3. The minimum atomic E-state index is -0.858. The fourth-order valence-corrected chi connectivity index (χ4v) is 4.67. The summed E-state index contributed by atoms with van der Waals surface area (Å²) >= 11 is 0. The maximum atomic E-state index is 13.5. The predicted molar refractivity (Wildman–Crippen MR) is 134 cm³/mol. The van der Waals surface area contributed by atoms with Crippen LogP contribution in [0.1, 0.15) is 22.7 Å². The van der Waals surface area contributed by atoms with Gasteiger partial charge >= 0.3 is 0 Å². The van der Waals surface area contributed by atoms with E-state index in [9.17, 15) is 14.7 Å². The highest BCUT2D eigenvalue weighted by atomic mass is 16.5. The van der Waals surface area contributed by atoms with Gasteiger partial charge in [0.15, 0.2) is 0 Å². The van der Waals surface area contributed by atoms with Gasteiger partial charge in [-0.2, -0.15) is 0 Å². The molecule has 7 heteroatoms. The molecule has 1 aliphatic heterocycles. The molecule has 3 aromatic carbocycles. The maximum absolute atomic E-state index is 13.5. The summed E-state index contributed by atoms with van der Waals surface area (Å²) in [5.74, 6) is -0.985. The van der Waals surface area contributed by atoms with E-state index in [1.54, 1.807) is 30.5 Å². The van der Waals surface area contributed by atoms with Crippen LogP contribution < -0.4 is 14.4 Å². The number of rotatable bonds is 5. The van der Waals surface area contributed by atoms with Gasteiger partial charge in [0.2, 0.25) is 0 Å². The number of aromatic amines is 1. The van der Waals surface area contributed by atoms with Gasteiger partial charge in [0.25, 0.3) is 11.7 Å². The van der Waals surface area contributed by atoms with Crippen molar-refractivity contribution in [1.29, 1.82) is 0 Å². The number of carbonyl (C=O) groups is 2. The normalized spacial score (nSPS) is 17.2. The van der Waals surface area contributed by atoms with E-state index < -0.39 is 17.7 Å². The molecule has 0 saturated carbocycles. The van der Waals surface area contributed by atoms with Gasteiger partial charge in [-0.3, -0.25) is 14.5 Å². The number of aliphatic hydroxyl groups is 1. The Kier molecular flexibility index (Phi) is 5.53. The molecule has 1 aliphatic rings. The zero-order chi connectivity index (χ0) is 24.7. The fraction of sp³-hybridized carbons (Fsp3) is 0.143. The molecule has 0 aliphatic carbocycles. The van der Waals surface area contributed by atoms with Gasteiger partial charge in [0, 0.05) is 28.4 Å². The number of Topliss-reactive ketones (excluding diaryl/α,β-unsaturated/α-hetero) is 1. The van der Waals surface area contributed by atoms with E-state index in [1.807, 2.05) is 49.4 Å². The van der Waals surface area contributed by atoms with Crippen LogP contribution in [0.5, 0.6) is 11.5 Å². The zero-order valence-corrected chi connectivity index (χ0v) is 19.5. The number of hydrogen-bond acceptors (Lipinski definition) is 5. The van der Waals surface area contributed by atoms with E-state index in [2.05, 4.69) is 4.98 Å². The monoisotopic (exact) mass is 468 g/mol. The Hall–Kier alpha value is -4.52. The number of hydrogen-bond donors (Lipinski definition) is 2. The third-order valence-corrected chi connectivity index (χ3v) is 6.40. The first-order chi connectivity index (χ1) is 17.0. The van der Waals surface area contributed by atoms with Crippen LogP contribution in [0.2, 0.25) is 0 Å². The van der Waals surface area contributed by atoms with Crippen molar-refractivity contribution in [2.45, 2.75) is 13.0 Å².